The zero-order valence-electron chi connectivity index (χ0n) is 8.24. The Hall–Kier alpha value is -0.580. The average molecular weight is 249 g/mol. The molecule has 1 aromatic heterocycles. The van der Waals surface area contributed by atoms with Gasteiger partial charge in [-0.15, -0.1) is 12.4 Å². The molecule has 2 N–H and O–H groups in total. The molecule has 1 aliphatic heterocycles. The molecule has 0 bridgehead atoms. The monoisotopic (exact) mass is 248 g/mol. The Labute approximate surface area is 100 Å². The lowest BCUT2D eigenvalue weighted by atomic mass is 10.1. The van der Waals surface area contributed by atoms with Gasteiger partial charge in [0.1, 0.15) is 11.0 Å². The second kappa shape index (κ2) is 6.10. The number of aromatic nitrogens is 2. The minimum absolute atomic E-state index is 0. The van der Waals surface area contributed by atoms with Crippen molar-refractivity contribution in [3.63, 3.8) is 0 Å². The summed E-state index contributed by atoms with van der Waals surface area (Å²) in [6, 6.07) is 0.458. The van der Waals surface area contributed by atoms with E-state index in [2.05, 4.69) is 20.6 Å². The van der Waals surface area contributed by atoms with Crippen molar-refractivity contribution >= 4 is 29.8 Å². The fourth-order valence-electron chi connectivity index (χ4n) is 1.57. The molecule has 2 heterocycles. The van der Waals surface area contributed by atoms with Gasteiger partial charge in [-0.3, -0.25) is 0 Å². The first-order valence-corrected chi connectivity index (χ1v) is 5.17. The average Bonchev–Trinajstić information content (AvgIpc) is 2.23. The summed E-state index contributed by atoms with van der Waals surface area (Å²) in [5.41, 5.74) is 0. The number of hydrogen-bond acceptors (Lipinski definition) is 4. The summed E-state index contributed by atoms with van der Waals surface area (Å²) in [7, 11) is 0. The molecule has 0 aliphatic carbocycles. The molecule has 0 radical (unpaired) electrons. The van der Waals surface area contributed by atoms with Crippen LogP contribution in [0.4, 0.5) is 5.82 Å². The van der Waals surface area contributed by atoms with Gasteiger partial charge in [0.25, 0.3) is 0 Å². The van der Waals surface area contributed by atoms with Crippen LogP contribution in [-0.4, -0.2) is 29.1 Å². The third-order valence-electron chi connectivity index (χ3n) is 2.27. The van der Waals surface area contributed by atoms with E-state index in [1.54, 1.807) is 12.4 Å². The van der Waals surface area contributed by atoms with Crippen LogP contribution < -0.4 is 10.6 Å². The highest BCUT2D eigenvalue weighted by atomic mass is 35.5. The van der Waals surface area contributed by atoms with Gasteiger partial charge in [0.15, 0.2) is 0 Å². The van der Waals surface area contributed by atoms with Gasteiger partial charge >= 0.3 is 0 Å². The van der Waals surface area contributed by atoms with Crippen LogP contribution in [0.5, 0.6) is 0 Å². The van der Waals surface area contributed by atoms with E-state index >= 15 is 0 Å². The molecule has 1 aliphatic rings. The van der Waals surface area contributed by atoms with Gasteiger partial charge in [0, 0.05) is 12.6 Å². The van der Waals surface area contributed by atoms with E-state index in [4.69, 9.17) is 11.6 Å². The Morgan fingerprint density at radius 3 is 2.87 bits per heavy atom. The first kappa shape index (κ1) is 12.5. The van der Waals surface area contributed by atoms with Gasteiger partial charge in [-0.2, -0.15) is 0 Å². The summed E-state index contributed by atoms with van der Waals surface area (Å²) in [4.78, 5) is 8.10. The van der Waals surface area contributed by atoms with Crippen LogP contribution in [0, 0.1) is 0 Å². The molecule has 4 nitrogen and oxygen atoms in total. The Bertz CT molecular complexity index is 285. The predicted molar refractivity (Wildman–Crippen MR) is 63.8 cm³/mol. The van der Waals surface area contributed by atoms with Gasteiger partial charge in [0.2, 0.25) is 0 Å². The first-order chi connectivity index (χ1) is 6.84. The largest absolute Gasteiger partial charge is 0.365 e. The van der Waals surface area contributed by atoms with Crippen molar-refractivity contribution < 1.29 is 0 Å². The third kappa shape index (κ3) is 3.81. The standard InChI is InChI=1S/C9H13ClN4.ClH/c10-8-5-13-9(6-12-8)14-7-2-1-3-11-4-7;/h5-7,11H,1-4H2,(H,13,14);1H. The SMILES string of the molecule is Cl.Clc1cnc(NC2CCCNC2)cn1. The fourth-order valence-corrected chi connectivity index (χ4v) is 1.67. The number of piperidine rings is 1. The predicted octanol–water partition coefficient (Wildman–Crippen LogP) is 1.72. The highest BCUT2D eigenvalue weighted by molar-refractivity contribution is 6.29. The number of halogens is 2. The molecule has 6 heteroatoms. The smallest absolute Gasteiger partial charge is 0.147 e. The summed E-state index contributed by atoms with van der Waals surface area (Å²) < 4.78 is 0. The van der Waals surface area contributed by atoms with Gasteiger partial charge in [-0.05, 0) is 19.4 Å². The van der Waals surface area contributed by atoms with E-state index in [0.717, 1.165) is 18.9 Å². The second-order valence-electron chi connectivity index (χ2n) is 3.41. The van der Waals surface area contributed by atoms with Crippen LogP contribution in [-0.2, 0) is 0 Å². The van der Waals surface area contributed by atoms with Crippen LogP contribution in [0.15, 0.2) is 12.4 Å². The lowest BCUT2D eigenvalue weighted by Gasteiger charge is -2.23. The molecule has 1 aromatic rings. The summed E-state index contributed by atoms with van der Waals surface area (Å²) in [6.45, 7) is 2.11. The van der Waals surface area contributed by atoms with Crippen LogP contribution in [0.25, 0.3) is 0 Å². The Balaban J connectivity index is 0.00000112. The fraction of sp³-hybridized carbons (Fsp3) is 0.556. The zero-order valence-corrected chi connectivity index (χ0v) is 9.81. The number of anilines is 1. The van der Waals surface area contributed by atoms with Crippen molar-refractivity contribution in [2.24, 2.45) is 0 Å². The van der Waals surface area contributed by atoms with E-state index in [9.17, 15) is 0 Å². The van der Waals surface area contributed by atoms with Gasteiger partial charge in [-0.25, -0.2) is 9.97 Å². The maximum atomic E-state index is 5.64. The molecule has 84 valence electrons. The molecule has 1 atom stereocenters. The van der Waals surface area contributed by atoms with Crippen molar-refractivity contribution in [1.29, 1.82) is 0 Å². The van der Waals surface area contributed by atoms with E-state index in [1.165, 1.54) is 12.8 Å². The van der Waals surface area contributed by atoms with E-state index < -0.39 is 0 Å². The summed E-state index contributed by atoms with van der Waals surface area (Å²) in [5, 5.41) is 7.07. The number of nitrogens with zero attached hydrogens (tertiary/aromatic N) is 2. The van der Waals surface area contributed by atoms with E-state index in [0.29, 0.717) is 11.2 Å². The number of nitrogens with one attached hydrogen (secondary N) is 2. The first-order valence-electron chi connectivity index (χ1n) is 4.79. The van der Waals surface area contributed by atoms with Crippen LogP contribution in [0.2, 0.25) is 5.15 Å². The maximum absolute atomic E-state index is 5.64. The van der Waals surface area contributed by atoms with Gasteiger partial charge < -0.3 is 10.6 Å². The molecule has 15 heavy (non-hydrogen) atoms. The summed E-state index contributed by atoms with van der Waals surface area (Å²) >= 11 is 5.64. The van der Waals surface area contributed by atoms with Crippen molar-refractivity contribution in [1.82, 2.24) is 15.3 Å². The van der Waals surface area contributed by atoms with Crippen LogP contribution in [0.3, 0.4) is 0 Å². The van der Waals surface area contributed by atoms with Crippen molar-refractivity contribution in [3.8, 4) is 0 Å². The summed E-state index contributed by atoms with van der Waals surface area (Å²) in [6.07, 6.45) is 5.60. The molecule has 0 amide bonds. The van der Waals surface area contributed by atoms with Crippen LogP contribution in [0.1, 0.15) is 12.8 Å². The zero-order chi connectivity index (χ0) is 9.80. The Kier molecular flexibility index (Phi) is 5.08. The van der Waals surface area contributed by atoms with Crippen molar-refractivity contribution in [3.05, 3.63) is 17.5 Å². The molecule has 1 saturated heterocycles. The molecular weight excluding hydrogens is 235 g/mol. The van der Waals surface area contributed by atoms with Gasteiger partial charge in [-0.1, -0.05) is 11.6 Å². The Morgan fingerprint density at radius 1 is 1.40 bits per heavy atom. The normalized spacial score (nSPS) is 20.5. The maximum Gasteiger partial charge on any atom is 0.147 e. The highest BCUT2D eigenvalue weighted by Gasteiger charge is 2.12. The van der Waals surface area contributed by atoms with Gasteiger partial charge in [0.05, 0.1) is 12.4 Å². The minimum Gasteiger partial charge on any atom is -0.365 e. The molecule has 2 rings (SSSR count). The number of rotatable bonds is 2. The molecule has 1 fully saturated rings. The lowest BCUT2D eigenvalue weighted by molar-refractivity contribution is 0.479. The molecule has 0 aromatic carbocycles. The molecule has 0 spiro atoms. The van der Waals surface area contributed by atoms with Crippen molar-refractivity contribution in [2.45, 2.75) is 18.9 Å². The van der Waals surface area contributed by atoms with E-state index in [-0.39, 0.29) is 12.4 Å². The third-order valence-corrected chi connectivity index (χ3v) is 2.46. The van der Waals surface area contributed by atoms with Crippen molar-refractivity contribution in [2.75, 3.05) is 18.4 Å². The lowest BCUT2D eigenvalue weighted by Crippen LogP contribution is -2.38. The molecule has 1 unspecified atom stereocenters. The van der Waals surface area contributed by atoms with Crippen LogP contribution >= 0.6 is 24.0 Å². The minimum atomic E-state index is 0. The molecular formula is C9H14Cl2N4. The summed E-state index contributed by atoms with van der Waals surface area (Å²) in [5.74, 6) is 0.795. The highest BCUT2D eigenvalue weighted by Crippen LogP contribution is 2.10. The Morgan fingerprint density at radius 2 is 2.27 bits per heavy atom. The number of hydrogen-bond donors (Lipinski definition) is 2. The topological polar surface area (TPSA) is 49.8 Å². The second-order valence-corrected chi connectivity index (χ2v) is 3.80. The molecule has 0 saturated carbocycles. The quantitative estimate of drug-likeness (QED) is 0.837. The van der Waals surface area contributed by atoms with E-state index in [1.807, 2.05) is 0 Å².